The van der Waals surface area contributed by atoms with Crippen LogP contribution in [0.3, 0.4) is 0 Å². The SMILES string of the molecule is CS(=O)c1ccc(-c2cccc3sc(N)nc23)c(-c2nn[nH]n2)c1SN. The number of nitrogens with two attached hydrogens (primary N) is 2. The van der Waals surface area contributed by atoms with Crippen LogP contribution < -0.4 is 10.9 Å². The van der Waals surface area contributed by atoms with Crippen molar-refractivity contribution in [1.29, 1.82) is 0 Å². The normalized spacial score (nSPS) is 12.5. The molecule has 1 unspecified atom stereocenters. The molecule has 26 heavy (non-hydrogen) atoms. The Kier molecular flexibility index (Phi) is 4.44. The molecule has 0 fully saturated rings. The molecule has 5 N–H and O–H groups in total. The molecule has 0 aliphatic heterocycles. The molecular formula is C15H13N7OS3. The minimum Gasteiger partial charge on any atom is -0.375 e. The quantitative estimate of drug-likeness (QED) is 0.442. The second-order valence-corrected chi connectivity index (χ2v) is 8.38. The second kappa shape index (κ2) is 6.76. The molecule has 8 nitrogen and oxygen atoms in total. The highest BCUT2D eigenvalue weighted by atomic mass is 32.2. The van der Waals surface area contributed by atoms with E-state index in [9.17, 15) is 4.21 Å². The highest BCUT2D eigenvalue weighted by Gasteiger charge is 2.22. The lowest BCUT2D eigenvalue weighted by molar-refractivity contribution is 0.685. The van der Waals surface area contributed by atoms with Crippen LogP contribution in [0.4, 0.5) is 5.13 Å². The summed E-state index contributed by atoms with van der Waals surface area (Å²) in [5, 5.41) is 20.7. The number of para-hydroxylation sites is 1. The van der Waals surface area contributed by atoms with Crippen molar-refractivity contribution >= 4 is 49.4 Å². The predicted molar refractivity (Wildman–Crippen MR) is 105 cm³/mol. The highest BCUT2D eigenvalue weighted by molar-refractivity contribution is 7.97. The third-order valence-corrected chi connectivity index (χ3v) is 6.44. The van der Waals surface area contributed by atoms with Crippen molar-refractivity contribution in [3.8, 4) is 22.5 Å². The number of hydrogen-bond donors (Lipinski definition) is 3. The third kappa shape index (κ3) is 2.78. The Morgan fingerprint density at radius 2 is 2.08 bits per heavy atom. The van der Waals surface area contributed by atoms with Crippen molar-refractivity contribution in [3.05, 3.63) is 30.3 Å². The molecule has 1 atom stereocenters. The summed E-state index contributed by atoms with van der Waals surface area (Å²) in [4.78, 5) is 5.72. The van der Waals surface area contributed by atoms with E-state index >= 15 is 0 Å². The van der Waals surface area contributed by atoms with Crippen molar-refractivity contribution in [2.45, 2.75) is 9.79 Å². The lowest BCUT2D eigenvalue weighted by atomic mass is 9.98. The van der Waals surface area contributed by atoms with Gasteiger partial charge in [-0.1, -0.05) is 29.5 Å². The van der Waals surface area contributed by atoms with Crippen LogP contribution in [0.25, 0.3) is 32.7 Å². The first-order chi connectivity index (χ1) is 12.6. The molecule has 0 radical (unpaired) electrons. The Morgan fingerprint density at radius 3 is 2.77 bits per heavy atom. The van der Waals surface area contributed by atoms with E-state index in [0.29, 0.717) is 26.3 Å². The van der Waals surface area contributed by atoms with Gasteiger partial charge in [0.25, 0.3) is 0 Å². The molecular weight excluding hydrogens is 390 g/mol. The zero-order valence-electron chi connectivity index (χ0n) is 13.5. The minimum atomic E-state index is -1.22. The van der Waals surface area contributed by atoms with Crippen LogP contribution in [0.1, 0.15) is 0 Å². The lowest BCUT2D eigenvalue weighted by Crippen LogP contribution is -2.00. The van der Waals surface area contributed by atoms with E-state index in [0.717, 1.165) is 33.3 Å². The zero-order valence-corrected chi connectivity index (χ0v) is 15.9. The zero-order chi connectivity index (χ0) is 18.3. The molecule has 0 aliphatic carbocycles. The second-order valence-electron chi connectivity index (χ2n) is 5.33. The number of thiazole rings is 1. The largest absolute Gasteiger partial charge is 0.375 e. The average Bonchev–Trinajstić information content (AvgIpc) is 3.28. The summed E-state index contributed by atoms with van der Waals surface area (Å²) in [5.41, 5.74) is 9.05. The van der Waals surface area contributed by atoms with Gasteiger partial charge in [0, 0.05) is 17.4 Å². The van der Waals surface area contributed by atoms with Crippen LogP contribution in [0.2, 0.25) is 0 Å². The van der Waals surface area contributed by atoms with Gasteiger partial charge < -0.3 is 5.73 Å². The van der Waals surface area contributed by atoms with Crippen molar-refractivity contribution in [2.75, 3.05) is 12.0 Å². The van der Waals surface area contributed by atoms with Gasteiger partial charge in [0.05, 0.1) is 30.8 Å². The number of rotatable bonds is 4. The number of benzene rings is 2. The lowest BCUT2D eigenvalue weighted by Gasteiger charge is -2.14. The van der Waals surface area contributed by atoms with E-state index in [-0.39, 0.29) is 0 Å². The van der Waals surface area contributed by atoms with Gasteiger partial charge in [0.2, 0.25) is 5.82 Å². The van der Waals surface area contributed by atoms with Crippen LogP contribution >= 0.6 is 23.3 Å². The van der Waals surface area contributed by atoms with Gasteiger partial charge in [0.15, 0.2) is 5.13 Å². The summed E-state index contributed by atoms with van der Waals surface area (Å²) in [6, 6.07) is 9.55. The van der Waals surface area contributed by atoms with Crippen molar-refractivity contribution in [2.24, 2.45) is 5.14 Å². The molecule has 0 saturated carbocycles. The highest BCUT2D eigenvalue weighted by Crippen LogP contribution is 2.42. The first kappa shape index (κ1) is 17.1. The molecule has 0 saturated heterocycles. The van der Waals surface area contributed by atoms with E-state index in [1.54, 1.807) is 12.3 Å². The Bertz CT molecular complexity index is 1120. The average molecular weight is 404 g/mol. The van der Waals surface area contributed by atoms with E-state index in [1.807, 2.05) is 24.3 Å². The molecule has 2 aromatic heterocycles. The van der Waals surface area contributed by atoms with Crippen LogP contribution in [0.15, 0.2) is 40.1 Å². The van der Waals surface area contributed by atoms with Gasteiger partial charge in [-0.2, -0.15) is 5.21 Å². The Balaban J connectivity index is 2.10. The van der Waals surface area contributed by atoms with E-state index in [4.69, 9.17) is 10.9 Å². The van der Waals surface area contributed by atoms with E-state index < -0.39 is 10.8 Å². The van der Waals surface area contributed by atoms with Crippen LogP contribution in [-0.2, 0) is 10.8 Å². The standard InChI is InChI=1S/C15H13N7OS3/c1-26(23)10-6-5-7(11(13(10)25-17)14-19-21-22-20-14)8-3-2-4-9-12(8)18-15(16)24-9/h2-6H,17H2,1H3,(H2,16,18)(H,19,20,21,22). The summed E-state index contributed by atoms with van der Waals surface area (Å²) in [7, 11) is -1.22. The maximum atomic E-state index is 12.2. The number of aromatic amines is 1. The smallest absolute Gasteiger partial charge is 0.206 e. The summed E-state index contributed by atoms with van der Waals surface area (Å²) >= 11 is 2.43. The first-order valence-electron chi connectivity index (χ1n) is 7.36. The summed E-state index contributed by atoms with van der Waals surface area (Å²) in [5.74, 6) is 0.375. The molecule has 0 aliphatic rings. The fourth-order valence-electron chi connectivity index (χ4n) is 2.80. The maximum absolute atomic E-state index is 12.2. The molecule has 0 bridgehead atoms. The molecule has 4 aromatic rings. The Labute approximate surface area is 159 Å². The van der Waals surface area contributed by atoms with Crippen molar-refractivity contribution in [1.82, 2.24) is 25.6 Å². The van der Waals surface area contributed by atoms with Crippen LogP contribution in [-0.4, -0.2) is 36.1 Å². The number of tetrazole rings is 1. The number of nitrogen functional groups attached to an aromatic ring is 1. The number of H-pyrrole nitrogens is 1. The molecule has 4 rings (SSSR count). The summed E-state index contributed by atoms with van der Waals surface area (Å²) in [6.45, 7) is 0. The molecule has 0 amide bonds. The van der Waals surface area contributed by atoms with Crippen molar-refractivity contribution in [3.63, 3.8) is 0 Å². The predicted octanol–water partition coefficient (Wildman–Crippen LogP) is 2.43. The molecule has 2 aromatic carbocycles. The number of anilines is 1. The van der Waals surface area contributed by atoms with Gasteiger partial charge >= 0.3 is 0 Å². The van der Waals surface area contributed by atoms with Crippen molar-refractivity contribution < 1.29 is 4.21 Å². The Hall–Kier alpha value is -2.34. The number of hydrogen-bond acceptors (Lipinski definition) is 9. The minimum absolute atomic E-state index is 0.375. The Morgan fingerprint density at radius 1 is 1.23 bits per heavy atom. The first-order valence-corrected chi connectivity index (χ1v) is 10.6. The van der Waals surface area contributed by atoms with Gasteiger partial charge in [-0.15, -0.1) is 10.2 Å². The fourth-order valence-corrected chi connectivity index (χ4v) is 5.19. The third-order valence-electron chi connectivity index (χ3n) is 3.84. The van der Waals surface area contributed by atoms with Gasteiger partial charge in [-0.05, 0) is 34.9 Å². The monoisotopic (exact) mass is 403 g/mol. The van der Waals surface area contributed by atoms with Gasteiger partial charge in [-0.3, -0.25) is 9.35 Å². The molecule has 2 heterocycles. The number of fused-ring (bicyclic) bond motifs is 1. The van der Waals surface area contributed by atoms with E-state index in [1.165, 1.54) is 11.3 Å². The van der Waals surface area contributed by atoms with E-state index in [2.05, 4.69) is 25.6 Å². The number of aromatic nitrogens is 5. The van der Waals surface area contributed by atoms with Gasteiger partial charge in [0.1, 0.15) is 0 Å². The maximum Gasteiger partial charge on any atom is 0.206 e. The fraction of sp³-hybridized carbons (Fsp3) is 0.0667. The topological polar surface area (TPSA) is 136 Å². The molecule has 11 heteroatoms. The summed E-state index contributed by atoms with van der Waals surface area (Å²) in [6.07, 6.45) is 1.61. The molecule has 0 spiro atoms. The summed E-state index contributed by atoms with van der Waals surface area (Å²) < 4.78 is 13.1. The van der Waals surface area contributed by atoms with Gasteiger partial charge in [-0.25, -0.2) is 4.98 Å². The van der Waals surface area contributed by atoms with Crippen LogP contribution in [0.5, 0.6) is 0 Å². The number of nitrogens with zero attached hydrogens (tertiary/aromatic N) is 4. The molecule has 132 valence electrons. The number of nitrogens with one attached hydrogen (secondary N) is 1. The van der Waals surface area contributed by atoms with Crippen LogP contribution in [0, 0.1) is 0 Å².